The molecule has 31 heavy (non-hydrogen) atoms. The summed E-state index contributed by atoms with van der Waals surface area (Å²) in [6.07, 6.45) is 6.37. The average Bonchev–Trinajstić information content (AvgIpc) is 2.73. The van der Waals surface area contributed by atoms with Crippen molar-refractivity contribution in [3.05, 3.63) is 70.5 Å². The van der Waals surface area contributed by atoms with Crippen LogP contribution in [-0.2, 0) is 11.8 Å². The van der Waals surface area contributed by atoms with Crippen LogP contribution >= 0.6 is 0 Å². The summed E-state index contributed by atoms with van der Waals surface area (Å²) in [5.41, 5.74) is 5.34. The standard InChI is InChI=1S/C28H36FNO/c1-19(2)21-8-12-24-22(18-21)9-13-26-27(24,3)15-5-16-28(26,4)30-17-14-25(31)20-6-10-23(29)11-7-20/h6-8,10-12,18-19,26,30H,5,9,13-17H2,1-4H3/t26?,27-,28-/m1/s1. The molecule has 0 aromatic heterocycles. The van der Waals surface area contributed by atoms with E-state index in [4.69, 9.17) is 0 Å². The first-order valence-electron chi connectivity index (χ1n) is 11.9. The van der Waals surface area contributed by atoms with Crippen LogP contribution in [0.5, 0.6) is 0 Å². The molecule has 2 aromatic carbocycles. The number of carbonyl (C=O) groups is 1. The average molecular weight is 422 g/mol. The van der Waals surface area contributed by atoms with Crippen LogP contribution in [0.15, 0.2) is 42.5 Å². The summed E-state index contributed by atoms with van der Waals surface area (Å²) in [5, 5.41) is 3.80. The maximum atomic E-state index is 13.1. The lowest BCUT2D eigenvalue weighted by atomic mass is 9.52. The minimum atomic E-state index is -0.304. The minimum Gasteiger partial charge on any atom is -0.311 e. The molecule has 0 bridgehead atoms. The Balaban J connectivity index is 1.48. The van der Waals surface area contributed by atoms with E-state index in [1.54, 1.807) is 23.3 Å². The van der Waals surface area contributed by atoms with Gasteiger partial charge in [0.2, 0.25) is 0 Å². The molecule has 2 nitrogen and oxygen atoms in total. The van der Waals surface area contributed by atoms with E-state index >= 15 is 0 Å². The number of fused-ring (bicyclic) bond motifs is 3. The Hall–Kier alpha value is -2.00. The van der Waals surface area contributed by atoms with Crippen molar-refractivity contribution in [3.8, 4) is 0 Å². The van der Waals surface area contributed by atoms with Crippen molar-refractivity contribution in [3.63, 3.8) is 0 Å². The molecule has 3 heteroatoms. The van der Waals surface area contributed by atoms with Gasteiger partial charge in [-0.05, 0) is 90.8 Å². The number of hydrogen-bond donors (Lipinski definition) is 1. The number of benzene rings is 2. The van der Waals surface area contributed by atoms with Gasteiger partial charge in [0, 0.05) is 24.1 Å². The predicted molar refractivity (Wildman–Crippen MR) is 125 cm³/mol. The highest BCUT2D eigenvalue weighted by Crippen LogP contribution is 2.53. The van der Waals surface area contributed by atoms with E-state index in [2.05, 4.69) is 51.2 Å². The molecular formula is C28H36FNO. The highest BCUT2D eigenvalue weighted by molar-refractivity contribution is 5.96. The summed E-state index contributed by atoms with van der Waals surface area (Å²) in [6.45, 7) is 10.0. The van der Waals surface area contributed by atoms with Gasteiger partial charge in [0.15, 0.2) is 5.78 Å². The van der Waals surface area contributed by atoms with Crippen LogP contribution in [0.25, 0.3) is 0 Å². The summed E-state index contributed by atoms with van der Waals surface area (Å²) >= 11 is 0. The number of hydrogen-bond acceptors (Lipinski definition) is 2. The first-order valence-corrected chi connectivity index (χ1v) is 11.9. The van der Waals surface area contributed by atoms with Gasteiger partial charge in [-0.2, -0.15) is 0 Å². The van der Waals surface area contributed by atoms with E-state index in [0.717, 1.165) is 12.8 Å². The first-order chi connectivity index (χ1) is 14.7. The Kier molecular flexibility index (Phi) is 6.09. The second-order valence-corrected chi connectivity index (χ2v) is 10.5. The first kappa shape index (κ1) is 22.2. The molecule has 1 fully saturated rings. The fourth-order valence-electron chi connectivity index (χ4n) is 6.32. The van der Waals surface area contributed by atoms with Gasteiger partial charge in [0.1, 0.15) is 5.82 Å². The number of ketones is 1. The number of rotatable bonds is 6. The third-order valence-corrected chi connectivity index (χ3v) is 8.09. The van der Waals surface area contributed by atoms with Crippen molar-refractivity contribution in [1.82, 2.24) is 5.32 Å². The molecule has 2 aliphatic carbocycles. The molecule has 4 rings (SSSR count). The maximum Gasteiger partial charge on any atom is 0.164 e. The number of halogens is 1. The summed E-state index contributed by atoms with van der Waals surface area (Å²) in [5.74, 6) is 0.895. The van der Waals surface area contributed by atoms with Crippen molar-refractivity contribution in [2.45, 2.75) is 83.1 Å². The largest absolute Gasteiger partial charge is 0.311 e. The molecule has 0 saturated heterocycles. The normalized spacial score (nSPS) is 27.6. The van der Waals surface area contributed by atoms with Crippen molar-refractivity contribution in [2.75, 3.05) is 6.54 Å². The van der Waals surface area contributed by atoms with E-state index in [9.17, 15) is 9.18 Å². The lowest BCUT2D eigenvalue weighted by Gasteiger charge is -2.56. The number of Topliss-reactive ketones (excluding diaryl/α,β-unsaturated/α-hetero) is 1. The molecule has 2 aliphatic rings. The summed E-state index contributed by atoms with van der Waals surface area (Å²) in [6, 6.07) is 13.1. The fourth-order valence-corrected chi connectivity index (χ4v) is 6.32. The van der Waals surface area contributed by atoms with Crippen LogP contribution in [0.4, 0.5) is 4.39 Å². The summed E-state index contributed by atoms with van der Waals surface area (Å²) in [7, 11) is 0. The molecule has 1 unspecified atom stereocenters. The second-order valence-electron chi connectivity index (χ2n) is 10.5. The number of nitrogens with one attached hydrogen (secondary N) is 1. The Morgan fingerprint density at radius 2 is 1.87 bits per heavy atom. The number of aryl methyl sites for hydroxylation is 1. The van der Waals surface area contributed by atoms with Gasteiger partial charge in [-0.1, -0.05) is 45.4 Å². The molecule has 0 spiro atoms. The van der Waals surface area contributed by atoms with Crippen LogP contribution in [0.1, 0.15) is 92.8 Å². The van der Waals surface area contributed by atoms with Crippen LogP contribution in [0, 0.1) is 11.7 Å². The molecule has 3 atom stereocenters. The maximum absolute atomic E-state index is 13.1. The van der Waals surface area contributed by atoms with Gasteiger partial charge in [0.05, 0.1) is 0 Å². The molecule has 0 amide bonds. The highest BCUT2D eigenvalue weighted by atomic mass is 19.1. The Morgan fingerprint density at radius 1 is 1.13 bits per heavy atom. The third-order valence-electron chi connectivity index (χ3n) is 8.09. The quantitative estimate of drug-likeness (QED) is 0.534. The van der Waals surface area contributed by atoms with Gasteiger partial charge in [-0.25, -0.2) is 4.39 Å². The van der Waals surface area contributed by atoms with Gasteiger partial charge < -0.3 is 5.32 Å². The fraction of sp³-hybridized carbons (Fsp3) is 0.536. The van der Waals surface area contributed by atoms with Gasteiger partial charge in [-0.15, -0.1) is 0 Å². The molecule has 166 valence electrons. The smallest absolute Gasteiger partial charge is 0.164 e. The zero-order valence-electron chi connectivity index (χ0n) is 19.4. The van der Waals surface area contributed by atoms with Gasteiger partial charge >= 0.3 is 0 Å². The number of carbonyl (C=O) groups excluding carboxylic acids is 1. The summed E-state index contributed by atoms with van der Waals surface area (Å²) < 4.78 is 13.1. The van der Waals surface area contributed by atoms with E-state index in [-0.39, 0.29) is 22.6 Å². The molecule has 1 saturated carbocycles. The molecular weight excluding hydrogens is 385 g/mol. The third kappa shape index (κ3) is 4.22. The van der Waals surface area contributed by atoms with Crippen molar-refractivity contribution < 1.29 is 9.18 Å². The highest BCUT2D eigenvalue weighted by Gasteiger charge is 2.51. The van der Waals surface area contributed by atoms with Crippen LogP contribution < -0.4 is 5.32 Å². The Labute approximate surface area is 186 Å². The Morgan fingerprint density at radius 3 is 2.58 bits per heavy atom. The van der Waals surface area contributed by atoms with Gasteiger partial charge in [0.25, 0.3) is 0 Å². The monoisotopic (exact) mass is 421 g/mol. The van der Waals surface area contributed by atoms with E-state index in [1.807, 2.05) is 0 Å². The van der Waals surface area contributed by atoms with Crippen LogP contribution in [0.3, 0.4) is 0 Å². The van der Waals surface area contributed by atoms with Crippen molar-refractivity contribution in [2.24, 2.45) is 5.92 Å². The van der Waals surface area contributed by atoms with Crippen molar-refractivity contribution >= 4 is 5.78 Å². The zero-order chi connectivity index (χ0) is 22.2. The second kappa shape index (κ2) is 8.50. The zero-order valence-corrected chi connectivity index (χ0v) is 19.4. The van der Waals surface area contributed by atoms with Crippen molar-refractivity contribution in [1.29, 1.82) is 0 Å². The summed E-state index contributed by atoms with van der Waals surface area (Å²) in [4.78, 5) is 12.5. The topological polar surface area (TPSA) is 29.1 Å². The minimum absolute atomic E-state index is 0.0322. The van der Waals surface area contributed by atoms with E-state index in [1.165, 1.54) is 37.0 Å². The van der Waals surface area contributed by atoms with Crippen LogP contribution in [-0.4, -0.2) is 17.9 Å². The van der Waals surface area contributed by atoms with Gasteiger partial charge in [-0.3, -0.25) is 4.79 Å². The Bertz CT molecular complexity index is 950. The molecule has 2 aromatic rings. The lowest BCUT2D eigenvalue weighted by molar-refractivity contribution is 0.0619. The molecule has 0 heterocycles. The van der Waals surface area contributed by atoms with E-state index < -0.39 is 0 Å². The SMILES string of the molecule is CC(C)c1ccc2c(c1)CCC1[C@](C)(NCCC(=O)c3ccc(F)cc3)CCC[C@]21C. The lowest BCUT2D eigenvalue weighted by Crippen LogP contribution is -2.60. The predicted octanol–water partition coefficient (Wildman–Crippen LogP) is 6.57. The molecule has 0 aliphatic heterocycles. The molecule has 1 N–H and O–H groups in total. The molecule has 0 radical (unpaired) electrons. The van der Waals surface area contributed by atoms with Crippen LogP contribution in [0.2, 0.25) is 0 Å². The van der Waals surface area contributed by atoms with E-state index in [0.29, 0.717) is 30.4 Å².